The van der Waals surface area contributed by atoms with Gasteiger partial charge in [0, 0.05) is 12.1 Å². The van der Waals surface area contributed by atoms with Crippen LogP contribution in [-0.2, 0) is 0 Å². The van der Waals surface area contributed by atoms with E-state index in [-0.39, 0.29) is 5.56 Å². The normalized spacial score (nSPS) is 15.2. The number of ether oxygens (including phenoxy) is 2. The molecule has 0 fully saturated rings. The number of hydrogen-bond donors (Lipinski definition) is 2. The first-order valence-electron chi connectivity index (χ1n) is 5.72. The zero-order valence-corrected chi connectivity index (χ0v) is 9.94. The molecule has 0 aromatic heterocycles. The summed E-state index contributed by atoms with van der Waals surface area (Å²) in [6.07, 6.45) is -4.76. The minimum atomic E-state index is -2.89. The van der Waals surface area contributed by atoms with Gasteiger partial charge in [-0.3, -0.25) is 4.79 Å². The Morgan fingerprint density at radius 3 is 2.68 bits per heavy atom. The maximum atomic E-state index is 12.1. The summed E-state index contributed by atoms with van der Waals surface area (Å²) >= 11 is 0. The molecule has 0 saturated carbocycles. The highest BCUT2D eigenvalue weighted by Crippen LogP contribution is 2.30. The number of hydrogen-bond acceptors (Lipinski definition) is 4. The number of halogens is 2. The highest BCUT2D eigenvalue weighted by atomic mass is 19.3. The number of aliphatic hydroxyl groups excluding tert-OH is 1. The van der Waals surface area contributed by atoms with Crippen LogP contribution in [0, 0.1) is 0 Å². The minimum absolute atomic E-state index is 0.255. The number of nitrogens with one attached hydrogen (secondary N) is 1. The van der Waals surface area contributed by atoms with E-state index < -0.39 is 25.0 Å². The molecule has 0 radical (unpaired) electrons. The van der Waals surface area contributed by atoms with Crippen molar-refractivity contribution in [2.24, 2.45) is 0 Å². The molecule has 1 aliphatic heterocycles. The number of carbonyl (C=O) groups excluding carboxylic acids is 1. The molecule has 1 unspecified atom stereocenters. The summed E-state index contributed by atoms with van der Waals surface area (Å²) in [5.74, 6) is 0.417. The van der Waals surface area contributed by atoms with E-state index in [0.717, 1.165) is 0 Å². The lowest BCUT2D eigenvalue weighted by Crippen LogP contribution is -2.35. The molecule has 0 saturated heterocycles. The van der Waals surface area contributed by atoms with Crippen LogP contribution in [0.4, 0.5) is 8.78 Å². The van der Waals surface area contributed by atoms with Crippen molar-refractivity contribution in [3.8, 4) is 11.5 Å². The topological polar surface area (TPSA) is 67.8 Å². The van der Waals surface area contributed by atoms with Gasteiger partial charge in [0.25, 0.3) is 12.3 Å². The number of carbonyl (C=O) groups is 1. The van der Waals surface area contributed by atoms with Crippen LogP contribution >= 0.6 is 0 Å². The number of alkyl halides is 2. The van der Waals surface area contributed by atoms with Crippen molar-refractivity contribution in [3.63, 3.8) is 0 Å². The molecular weight excluding hydrogens is 260 g/mol. The first kappa shape index (κ1) is 13.5. The molecule has 0 aliphatic carbocycles. The molecule has 7 heteroatoms. The predicted octanol–water partition coefficient (Wildman–Crippen LogP) is 0.814. The molecule has 1 aliphatic rings. The van der Waals surface area contributed by atoms with Crippen LogP contribution in [0.3, 0.4) is 0 Å². The maximum absolute atomic E-state index is 12.1. The standard InChI is InChI=1S/C12H13F2NO4/c13-11(14)8(16)6-15-12(17)7-1-2-9-10(5-7)19-4-3-18-9/h1-2,5,8,11,16H,3-4,6H2,(H,15,17). The molecule has 0 spiro atoms. The molecule has 0 bridgehead atoms. The Hall–Kier alpha value is -1.89. The minimum Gasteiger partial charge on any atom is -0.486 e. The fourth-order valence-corrected chi connectivity index (χ4v) is 1.57. The van der Waals surface area contributed by atoms with E-state index in [4.69, 9.17) is 14.6 Å². The van der Waals surface area contributed by atoms with Crippen LogP contribution in [0.5, 0.6) is 11.5 Å². The van der Waals surface area contributed by atoms with Gasteiger partial charge in [-0.15, -0.1) is 0 Å². The van der Waals surface area contributed by atoms with Gasteiger partial charge in [-0.1, -0.05) is 0 Å². The summed E-state index contributed by atoms with van der Waals surface area (Å²) in [6, 6.07) is 4.54. The van der Waals surface area contributed by atoms with Crippen LogP contribution in [0.1, 0.15) is 10.4 Å². The van der Waals surface area contributed by atoms with E-state index in [1.54, 1.807) is 6.07 Å². The average molecular weight is 273 g/mol. The first-order chi connectivity index (χ1) is 9.08. The summed E-state index contributed by atoms with van der Waals surface area (Å²) < 4.78 is 34.7. The summed E-state index contributed by atoms with van der Waals surface area (Å²) in [5.41, 5.74) is 0.255. The zero-order chi connectivity index (χ0) is 13.8. The molecule has 1 atom stereocenters. The molecule has 1 heterocycles. The van der Waals surface area contributed by atoms with Crippen molar-refractivity contribution in [2.75, 3.05) is 19.8 Å². The van der Waals surface area contributed by atoms with Gasteiger partial charge in [-0.2, -0.15) is 0 Å². The molecule has 2 rings (SSSR count). The molecule has 19 heavy (non-hydrogen) atoms. The second-order valence-electron chi connectivity index (χ2n) is 3.97. The third-order valence-corrected chi connectivity index (χ3v) is 2.57. The quantitative estimate of drug-likeness (QED) is 0.852. The monoisotopic (exact) mass is 273 g/mol. The molecule has 2 N–H and O–H groups in total. The molecular formula is C12H13F2NO4. The van der Waals surface area contributed by atoms with Gasteiger partial charge in [0.1, 0.15) is 19.3 Å². The smallest absolute Gasteiger partial charge is 0.265 e. The van der Waals surface area contributed by atoms with Gasteiger partial charge in [0.15, 0.2) is 11.5 Å². The Labute approximate surface area is 108 Å². The fourth-order valence-electron chi connectivity index (χ4n) is 1.57. The summed E-state index contributed by atoms with van der Waals surface area (Å²) in [6.45, 7) is 0.326. The number of aliphatic hydroxyl groups is 1. The van der Waals surface area contributed by atoms with E-state index >= 15 is 0 Å². The Balaban J connectivity index is 1.99. The maximum Gasteiger partial charge on any atom is 0.265 e. The van der Waals surface area contributed by atoms with Crippen LogP contribution in [0.25, 0.3) is 0 Å². The van der Waals surface area contributed by atoms with Gasteiger partial charge in [-0.25, -0.2) is 8.78 Å². The Bertz CT molecular complexity index is 467. The largest absolute Gasteiger partial charge is 0.486 e. The highest BCUT2D eigenvalue weighted by Gasteiger charge is 2.19. The first-order valence-corrected chi connectivity index (χ1v) is 5.72. The lowest BCUT2D eigenvalue weighted by molar-refractivity contribution is -0.00270. The van der Waals surface area contributed by atoms with Gasteiger partial charge in [0.2, 0.25) is 0 Å². The van der Waals surface area contributed by atoms with Gasteiger partial charge in [-0.05, 0) is 18.2 Å². The Morgan fingerprint density at radius 2 is 2.00 bits per heavy atom. The Morgan fingerprint density at radius 1 is 1.32 bits per heavy atom. The third-order valence-electron chi connectivity index (χ3n) is 2.57. The lowest BCUT2D eigenvalue weighted by Gasteiger charge is -2.18. The van der Waals surface area contributed by atoms with Crippen molar-refractivity contribution in [2.45, 2.75) is 12.5 Å². The molecule has 5 nitrogen and oxygen atoms in total. The van der Waals surface area contributed by atoms with Gasteiger partial charge >= 0.3 is 0 Å². The van der Waals surface area contributed by atoms with E-state index in [1.165, 1.54) is 12.1 Å². The van der Waals surface area contributed by atoms with Crippen molar-refractivity contribution >= 4 is 5.91 Å². The molecule has 1 amide bonds. The van der Waals surface area contributed by atoms with Crippen molar-refractivity contribution in [1.82, 2.24) is 5.32 Å². The molecule has 1 aromatic carbocycles. The van der Waals surface area contributed by atoms with E-state index in [9.17, 15) is 13.6 Å². The highest BCUT2D eigenvalue weighted by molar-refractivity contribution is 5.94. The number of benzene rings is 1. The second-order valence-corrected chi connectivity index (χ2v) is 3.97. The van der Waals surface area contributed by atoms with E-state index in [1.807, 2.05) is 0 Å². The van der Waals surface area contributed by atoms with E-state index in [2.05, 4.69) is 5.32 Å². The van der Waals surface area contributed by atoms with Crippen molar-refractivity contribution in [1.29, 1.82) is 0 Å². The zero-order valence-electron chi connectivity index (χ0n) is 9.94. The lowest BCUT2D eigenvalue weighted by atomic mass is 10.2. The fraction of sp³-hybridized carbons (Fsp3) is 0.417. The number of rotatable bonds is 4. The van der Waals surface area contributed by atoms with Crippen LogP contribution < -0.4 is 14.8 Å². The van der Waals surface area contributed by atoms with Gasteiger partial charge < -0.3 is 19.9 Å². The average Bonchev–Trinajstić information content (AvgIpc) is 2.43. The summed E-state index contributed by atoms with van der Waals surface area (Å²) in [4.78, 5) is 11.7. The second kappa shape index (κ2) is 5.83. The number of amides is 1. The molecule has 1 aromatic rings. The van der Waals surface area contributed by atoms with E-state index in [0.29, 0.717) is 24.7 Å². The SMILES string of the molecule is O=C(NCC(O)C(F)F)c1ccc2c(c1)OCCO2. The molecule has 104 valence electrons. The summed E-state index contributed by atoms with van der Waals surface area (Å²) in [5, 5.41) is 11.1. The third kappa shape index (κ3) is 3.31. The van der Waals surface area contributed by atoms with Crippen LogP contribution in [-0.4, -0.2) is 43.3 Å². The van der Waals surface area contributed by atoms with Crippen molar-refractivity contribution in [3.05, 3.63) is 23.8 Å². The van der Waals surface area contributed by atoms with Crippen LogP contribution in [0.2, 0.25) is 0 Å². The summed E-state index contributed by atoms with van der Waals surface area (Å²) in [7, 11) is 0. The van der Waals surface area contributed by atoms with Gasteiger partial charge in [0.05, 0.1) is 0 Å². The number of fused-ring (bicyclic) bond motifs is 1. The van der Waals surface area contributed by atoms with Crippen molar-refractivity contribution < 1.29 is 28.2 Å². The Kier molecular flexibility index (Phi) is 4.16. The van der Waals surface area contributed by atoms with Crippen LogP contribution in [0.15, 0.2) is 18.2 Å². The predicted molar refractivity (Wildman–Crippen MR) is 61.8 cm³/mol.